The summed E-state index contributed by atoms with van der Waals surface area (Å²) in [5.41, 5.74) is 3.22. The highest BCUT2D eigenvalue weighted by Gasteiger charge is 2.06. The molecule has 0 aliphatic rings. The summed E-state index contributed by atoms with van der Waals surface area (Å²) in [5.74, 6) is 2.77. The first-order valence-corrected chi connectivity index (χ1v) is 8.23. The molecule has 0 aliphatic heterocycles. The molecule has 2 nitrogen and oxygen atoms in total. The summed E-state index contributed by atoms with van der Waals surface area (Å²) >= 11 is 0. The van der Waals surface area contributed by atoms with E-state index in [4.69, 9.17) is 4.74 Å². The monoisotopic (exact) mass is 210 g/mol. The molecule has 0 saturated carbocycles. The van der Waals surface area contributed by atoms with Gasteiger partial charge in [0.15, 0.2) is 0 Å². The first kappa shape index (κ1) is 13.0. The topological polar surface area (TPSA) is 26.3 Å². The Kier molecular flexibility index (Phi) is 5.98. The zero-order valence-corrected chi connectivity index (χ0v) is 10.4. The van der Waals surface area contributed by atoms with Crippen LogP contribution in [0.15, 0.2) is 12.2 Å². The zero-order chi connectivity index (χ0) is 11.0. The smallest absolute Gasteiger partial charge is 0.302 e. The highest BCUT2D eigenvalue weighted by atomic mass is 28.3. The van der Waals surface area contributed by atoms with Crippen molar-refractivity contribution in [2.75, 3.05) is 6.61 Å². The number of hydrogen-bond acceptors (Lipinski definition) is 2. The zero-order valence-electron chi connectivity index (χ0n) is 9.39. The van der Waals surface area contributed by atoms with E-state index in [0.29, 0.717) is 6.61 Å². The number of rotatable bonds is 3. The highest BCUT2D eigenvalue weighted by molar-refractivity contribution is 6.83. The number of carbonyl (C=O) groups excluding carboxylic acids is 1. The molecule has 0 radical (unpaired) electrons. The second-order valence-corrected chi connectivity index (χ2v) is 8.80. The van der Waals surface area contributed by atoms with E-state index in [1.165, 1.54) is 6.92 Å². The van der Waals surface area contributed by atoms with Gasteiger partial charge in [-0.1, -0.05) is 31.6 Å². The Labute approximate surface area is 87.4 Å². The van der Waals surface area contributed by atoms with Crippen molar-refractivity contribution < 1.29 is 9.53 Å². The van der Waals surface area contributed by atoms with Crippen LogP contribution in [0.2, 0.25) is 19.6 Å². The second kappa shape index (κ2) is 6.44. The van der Waals surface area contributed by atoms with Gasteiger partial charge in [0.05, 0.1) is 6.61 Å². The molecule has 3 heteroatoms. The highest BCUT2D eigenvalue weighted by Crippen LogP contribution is 1.96. The fourth-order valence-corrected chi connectivity index (χ4v) is 1.19. The van der Waals surface area contributed by atoms with E-state index >= 15 is 0 Å². The molecule has 0 spiro atoms. The molecule has 0 bridgehead atoms. The van der Waals surface area contributed by atoms with E-state index in [0.717, 1.165) is 6.42 Å². The normalized spacial score (nSPS) is 10.9. The third kappa shape index (κ3) is 11.0. The van der Waals surface area contributed by atoms with Crippen molar-refractivity contribution in [3.8, 4) is 11.5 Å². The molecule has 0 aromatic heterocycles. The predicted octanol–water partition coefficient (Wildman–Crippen LogP) is 2.38. The molecule has 0 aromatic carbocycles. The van der Waals surface area contributed by atoms with Crippen molar-refractivity contribution >= 4 is 14.0 Å². The van der Waals surface area contributed by atoms with Gasteiger partial charge in [-0.3, -0.25) is 4.79 Å². The van der Waals surface area contributed by atoms with Gasteiger partial charge in [-0.2, -0.15) is 0 Å². The van der Waals surface area contributed by atoms with Crippen molar-refractivity contribution in [1.82, 2.24) is 0 Å². The third-order valence-corrected chi connectivity index (χ3v) is 2.13. The van der Waals surface area contributed by atoms with Crippen molar-refractivity contribution in [2.24, 2.45) is 0 Å². The number of carbonyl (C=O) groups is 1. The van der Waals surface area contributed by atoms with Crippen LogP contribution in [0.5, 0.6) is 0 Å². The number of esters is 1. The molecule has 0 N–H and O–H groups in total. The number of hydrogen-bond donors (Lipinski definition) is 0. The summed E-state index contributed by atoms with van der Waals surface area (Å²) in [4.78, 5) is 10.4. The van der Waals surface area contributed by atoms with E-state index in [9.17, 15) is 4.79 Å². The Morgan fingerprint density at radius 3 is 2.57 bits per heavy atom. The molecular formula is C11H18O2Si. The summed E-state index contributed by atoms with van der Waals surface area (Å²) in [6.07, 6.45) is 4.50. The fourth-order valence-electron chi connectivity index (χ4n) is 0.671. The van der Waals surface area contributed by atoms with Gasteiger partial charge in [-0.05, 0) is 6.08 Å². The average Bonchev–Trinajstić information content (AvgIpc) is 2.00. The van der Waals surface area contributed by atoms with Crippen LogP contribution in [0.1, 0.15) is 13.3 Å². The minimum absolute atomic E-state index is 0.230. The first-order chi connectivity index (χ1) is 6.42. The minimum Gasteiger partial charge on any atom is -0.466 e. The van der Waals surface area contributed by atoms with Gasteiger partial charge < -0.3 is 4.74 Å². The maximum absolute atomic E-state index is 10.4. The number of allylic oxidation sites excluding steroid dienone is 1. The molecule has 0 rings (SSSR count). The lowest BCUT2D eigenvalue weighted by molar-refractivity contribution is -0.140. The molecular weight excluding hydrogens is 192 g/mol. The van der Waals surface area contributed by atoms with Gasteiger partial charge in [-0.15, -0.1) is 5.54 Å². The molecule has 78 valence electrons. The van der Waals surface area contributed by atoms with Crippen molar-refractivity contribution in [1.29, 1.82) is 0 Å². The summed E-state index contributed by atoms with van der Waals surface area (Å²) < 4.78 is 4.76. The maximum Gasteiger partial charge on any atom is 0.302 e. The molecule has 0 amide bonds. The Bertz CT molecular complexity index is 263. The Hall–Kier alpha value is -1.01. The molecule has 0 aromatic rings. The van der Waals surface area contributed by atoms with Gasteiger partial charge in [0.1, 0.15) is 8.07 Å². The van der Waals surface area contributed by atoms with Crippen LogP contribution in [0, 0.1) is 11.5 Å². The molecule has 0 saturated heterocycles. The summed E-state index contributed by atoms with van der Waals surface area (Å²) in [5, 5.41) is 0. The van der Waals surface area contributed by atoms with Crippen molar-refractivity contribution in [2.45, 2.75) is 33.0 Å². The van der Waals surface area contributed by atoms with Crippen LogP contribution in [0.3, 0.4) is 0 Å². The molecule has 0 atom stereocenters. The lowest BCUT2D eigenvalue weighted by atomic mass is 10.4. The number of ether oxygens (including phenoxy) is 1. The van der Waals surface area contributed by atoms with Crippen molar-refractivity contribution in [3.05, 3.63) is 12.2 Å². The van der Waals surface area contributed by atoms with Gasteiger partial charge in [0.25, 0.3) is 0 Å². The van der Waals surface area contributed by atoms with Crippen LogP contribution < -0.4 is 0 Å². The maximum atomic E-state index is 10.4. The lowest BCUT2D eigenvalue weighted by Crippen LogP contribution is -2.16. The van der Waals surface area contributed by atoms with Crippen LogP contribution in [-0.4, -0.2) is 20.7 Å². The summed E-state index contributed by atoms with van der Waals surface area (Å²) in [6.45, 7) is 8.46. The molecule has 0 aliphatic carbocycles. The first-order valence-electron chi connectivity index (χ1n) is 4.73. The SMILES string of the molecule is CC(=O)OCC/C=C/C#C[Si](C)(C)C. The second-order valence-electron chi connectivity index (χ2n) is 4.05. The molecule has 14 heavy (non-hydrogen) atoms. The Morgan fingerprint density at radius 1 is 1.43 bits per heavy atom. The van der Waals surface area contributed by atoms with Crippen LogP contribution in [-0.2, 0) is 9.53 Å². The van der Waals surface area contributed by atoms with E-state index < -0.39 is 8.07 Å². The van der Waals surface area contributed by atoms with Gasteiger partial charge in [-0.25, -0.2) is 0 Å². The molecule has 0 heterocycles. The minimum atomic E-state index is -1.24. The molecule has 0 fully saturated rings. The summed E-state index contributed by atoms with van der Waals surface area (Å²) in [6, 6.07) is 0. The summed E-state index contributed by atoms with van der Waals surface area (Å²) in [7, 11) is -1.24. The lowest BCUT2D eigenvalue weighted by Gasteiger charge is -2.02. The molecule has 0 unspecified atom stereocenters. The van der Waals surface area contributed by atoms with E-state index in [1.54, 1.807) is 0 Å². The van der Waals surface area contributed by atoms with Gasteiger partial charge in [0, 0.05) is 13.3 Å². The Morgan fingerprint density at radius 2 is 2.07 bits per heavy atom. The average molecular weight is 210 g/mol. The van der Waals surface area contributed by atoms with Gasteiger partial charge >= 0.3 is 5.97 Å². The van der Waals surface area contributed by atoms with Crippen molar-refractivity contribution in [3.63, 3.8) is 0 Å². The standard InChI is InChI=1S/C11H18O2Si/c1-11(12)13-9-7-5-6-8-10-14(2,3)4/h5-6H,7,9H2,1-4H3/b6-5+. The largest absolute Gasteiger partial charge is 0.466 e. The van der Waals surface area contributed by atoms with Crippen LogP contribution in [0.25, 0.3) is 0 Å². The quantitative estimate of drug-likeness (QED) is 0.309. The Balaban J connectivity index is 3.63. The van der Waals surface area contributed by atoms with E-state index in [1.807, 2.05) is 12.2 Å². The fraction of sp³-hybridized carbons (Fsp3) is 0.545. The third-order valence-electron chi connectivity index (χ3n) is 1.24. The van der Waals surface area contributed by atoms with E-state index in [2.05, 4.69) is 31.1 Å². The predicted molar refractivity (Wildman–Crippen MR) is 61.5 cm³/mol. The van der Waals surface area contributed by atoms with Crippen LogP contribution in [0.4, 0.5) is 0 Å². The van der Waals surface area contributed by atoms with Gasteiger partial charge in [0.2, 0.25) is 0 Å². The van der Waals surface area contributed by atoms with Crippen LogP contribution >= 0.6 is 0 Å². The van der Waals surface area contributed by atoms with E-state index in [-0.39, 0.29) is 5.97 Å².